The number of aromatic nitrogens is 1. The minimum Gasteiger partial charge on any atom is -0.465 e. The van der Waals surface area contributed by atoms with Gasteiger partial charge in [-0.1, -0.05) is 18.2 Å². The Labute approximate surface area is 200 Å². The van der Waals surface area contributed by atoms with Crippen molar-refractivity contribution in [2.75, 3.05) is 39.8 Å². The highest BCUT2D eigenvalue weighted by molar-refractivity contribution is 7.09. The highest BCUT2D eigenvalue weighted by Crippen LogP contribution is 2.34. The first-order chi connectivity index (χ1) is 15.8. The summed E-state index contributed by atoms with van der Waals surface area (Å²) in [7, 11) is 1.61. The Morgan fingerprint density at radius 2 is 2.00 bits per heavy atom. The summed E-state index contributed by atoms with van der Waals surface area (Å²) in [5.74, 6) is -0.618. The molecular formula is C25H34N4O3S. The molecule has 3 atom stereocenters. The number of hydrogen-bond acceptors (Lipinski definition) is 7. The molecule has 1 saturated heterocycles. The van der Waals surface area contributed by atoms with Crippen molar-refractivity contribution >= 4 is 23.2 Å². The van der Waals surface area contributed by atoms with Gasteiger partial charge in [-0.15, -0.1) is 17.9 Å². The molecule has 3 rings (SSSR count). The first-order valence-corrected chi connectivity index (χ1v) is 12.2. The molecule has 0 radical (unpaired) electrons. The van der Waals surface area contributed by atoms with Gasteiger partial charge in [0.1, 0.15) is 11.6 Å². The van der Waals surface area contributed by atoms with E-state index in [1.807, 2.05) is 41.9 Å². The summed E-state index contributed by atoms with van der Waals surface area (Å²) in [5.41, 5.74) is 1.64. The zero-order chi connectivity index (χ0) is 24.0. The molecule has 7 nitrogen and oxygen atoms in total. The van der Waals surface area contributed by atoms with Crippen LogP contribution in [0.4, 0.5) is 0 Å². The lowest BCUT2D eigenvalue weighted by atomic mass is 9.98. The Kier molecular flexibility index (Phi) is 8.77. The molecule has 2 aromatic rings. The minimum absolute atomic E-state index is 0.0229. The molecule has 33 heavy (non-hydrogen) atoms. The fraction of sp³-hybridized carbons (Fsp3) is 0.480. The van der Waals surface area contributed by atoms with E-state index < -0.39 is 5.97 Å². The molecule has 1 amide bonds. The zero-order valence-electron chi connectivity index (χ0n) is 19.9. The molecule has 0 aliphatic carbocycles. The van der Waals surface area contributed by atoms with E-state index in [4.69, 9.17) is 4.74 Å². The summed E-state index contributed by atoms with van der Waals surface area (Å²) >= 11 is 1.65. The van der Waals surface area contributed by atoms with E-state index in [0.717, 1.165) is 30.2 Å². The summed E-state index contributed by atoms with van der Waals surface area (Å²) in [6.45, 7) is 13.1. The summed E-state index contributed by atoms with van der Waals surface area (Å²) in [5, 5.41) is 3.05. The number of likely N-dealkylation sites (N-methyl/N-ethyl adjacent to an activating group) is 1. The smallest absolute Gasteiger partial charge is 0.325 e. The van der Waals surface area contributed by atoms with Crippen molar-refractivity contribution in [1.82, 2.24) is 19.7 Å². The van der Waals surface area contributed by atoms with Crippen molar-refractivity contribution in [3.05, 3.63) is 64.6 Å². The normalized spacial score (nSPS) is 20.2. The molecule has 178 valence electrons. The van der Waals surface area contributed by atoms with Crippen LogP contribution in [0.15, 0.2) is 48.5 Å². The second kappa shape index (κ2) is 11.5. The van der Waals surface area contributed by atoms with Crippen LogP contribution in [0.3, 0.4) is 0 Å². The van der Waals surface area contributed by atoms with Crippen molar-refractivity contribution < 1.29 is 14.3 Å². The monoisotopic (exact) mass is 470 g/mol. The predicted molar refractivity (Wildman–Crippen MR) is 131 cm³/mol. The van der Waals surface area contributed by atoms with Gasteiger partial charge in [0.05, 0.1) is 12.6 Å². The Morgan fingerprint density at radius 1 is 1.27 bits per heavy atom. The molecule has 1 aromatic heterocycles. The number of esters is 1. The van der Waals surface area contributed by atoms with E-state index in [-0.39, 0.29) is 18.5 Å². The van der Waals surface area contributed by atoms with Crippen LogP contribution in [-0.4, -0.2) is 83.5 Å². The third-order valence-corrected chi connectivity index (χ3v) is 6.86. The number of benzene rings is 1. The number of amides is 1. The molecule has 0 saturated carbocycles. The Morgan fingerprint density at radius 3 is 2.61 bits per heavy atom. The van der Waals surface area contributed by atoms with Crippen LogP contribution in [0.25, 0.3) is 0 Å². The van der Waals surface area contributed by atoms with Crippen LogP contribution in [0.2, 0.25) is 0 Å². The molecular weight excluding hydrogens is 436 g/mol. The third kappa shape index (κ3) is 6.07. The number of piperazine rings is 1. The maximum Gasteiger partial charge on any atom is 0.325 e. The van der Waals surface area contributed by atoms with E-state index in [1.165, 1.54) is 4.90 Å². The first-order valence-electron chi connectivity index (χ1n) is 11.4. The van der Waals surface area contributed by atoms with Crippen LogP contribution in [0.5, 0.6) is 0 Å². The Hall–Kier alpha value is -2.55. The van der Waals surface area contributed by atoms with Crippen LogP contribution in [0.1, 0.15) is 47.7 Å². The van der Waals surface area contributed by atoms with Crippen LogP contribution in [-0.2, 0) is 9.53 Å². The van der Waals surface area contributed by atoms with Crippen LogP contribution in [0, 0.1) is 0 Å². The van der Waals surface area contributed by atoms with Crippen LogP contribution < -0.4 is 0 Å². The molecule has 0 unspecified atom stereocenters. The number of ether oxygens (including phenoxy) is 1. The third-order valence-electron chi connectivity index (χ3n) is 6.04. The quantitative estimate of drug-likeness (QED) is 0.413. The Bertz CT molecular complexity index is 932. The Balaban J connectivity index is 1.81. The van der Waals surface area contributed by atoms with Gasteiger partial charge in [-0.25, -0.2) is 4.98 Å². The SMILES string of the molecule is C=CCN1C[C@H](C)N([C@@H](c2ccc(C(=O)N(C)CC(=O)OCC)cc2)c2nccs2)C[C@H]1C. The second-order valence-corrected chi connectivity index (χ2v) is 9.42. The zero-order valence-corrected chi connectivity index (χ0v) is 20.8. The number of thiazole rings is 1. The van der Waals surface area contributed by atoms with Gasteiger partial charge in [-0.2, -0.15) is 0 Å². The summed E-state index contributed by atoms with van der Waals surface area (Å²) < 4.78 is 4.95. The van der Waals surface area contributed by atoms with Crippen molar-refractivity contribution in [2.24, 2.45) is 0 Å². The lowest BCUT2D eigenvalue weighted by molar-refractivity contribution is -0.143. The highest BCUT2D eigenvalue weighted by Gasteiger charge is 2.35. The lowest BCUT2D eigenvalue weighted by Gasteiger charge is -2.46. The number of carbonyl (C=O) groups excluding carboxylic acids is 2. The fourth-order valence-corrected chi connectivity index (χ4v) is 5.13. The molecule has 1 aromatic carbocycles. The van der Waals surface area contributed by atoms with Gasteiger partial charge >= 0.3 is 5.97 Å². The fourth-order valence-electron chi connectivity index (χ4n) is 4.35. The summed E-state index contributed by atoms with van der Waals surface area (Å²) in [4.78, 5) is 35.5. The van der Waals surface area contributed by atoms with Gasteiger partial charge in [-0.05, 0) is 38.5 Å². The molecule has 0 N–H and O–H groups in total. The van der Waals surface area contributed by atoms with Gasteiger partial charge in [0.25, 0.3) is 5.91 Å². The van der Waals surface area contributed by atoms with E-state index in [1.54, 1.807) is 25.3 Å². The van der Waals surface area contributed by atoms with Crippen molar-refractivity contribution in [2.45, 2.75) is 38.9 Å². The van der Waals surface area contributed by atoms with Gasteiger partial charge in [-0.3, -0.25) is 19.4 Å². The molecule has 2 heterocycles. The average Bonchev–Trinajstić information content (AvgIpc) is 3.32. The van der Waals surface area contributed by atoms with E-state index >= 15 is 0 Å². The first kappa shape index (κ1) is 25.1. The number of nitrogens with zero attached hydrogens (tertiary/aromatic N) is 4. The number of hydrogen-bond donors (Lipinski definition) is 0. The van der Waals surface area contributed by atoms with Gasteiger partial charge in [0, 0.05) is 55.9 Å². The second-order valence-electron chi connectivity index (χ2n) is 8.50. The molecule has 1 aliphatic heterocycles. The average molecular weight is 471 g/mol. The van der Waals surface area contributed by atoms with Crippen molar-refractivity contribution in [1.29, 1.82) is 0 Å². The highest BCUT2D eigenvalue weighted by atomic mass is 32.1. The molecule has 0 spiro atoms. The van der Waals surface area contributed by atoms with Gasteiger partial charge in [0.2, 0.25) is 0 Å². The van der Waals surface area contributed by atoms with Crippen molar-refractivity contribution in [3.8, 4) is 0 Å². The molecule has 1 aliphatic rings. The van der Waals surface area contributed by atoms with E-state index in [0.29, 0.717) is 24.3 Å². The molecule has 0 bridgehead atoms. The largest absolute Gasteiger partial charge is 0.465 e. The molecule has 1 fully saturated rings. The maximum atomic E-state index is 12.8. The van der Waals surface area contributed by atoms with E-state index in [9.17, 15) is 9.59 Å². The summed E-state index contributed by atoms with van der Waals surface area (Å²) in [6.07, 6.45) is 3.81. The minimum atomic E-state index is -0.410. The lowest BCUT2D eigenvalue weighted by Crippen LogP contribution is -2.57. The summed E-state index contributed by atoms with van der Waals surface area (Å²) in [6, 6.07) is 8.45. The topological polar surface area (TPSA) is 66.0 Å². The van der Waals surface area contributed by atoms with Gasteiger partial charge < -0.3 is 9.64 Å². The predicted octanol–water partition coefficient (Wildman–Crippen LogP) is 3.45. The molecule has 8 heteroatoms. The maximum absolute atomic E-state index is 12.8. The van der Waals surface area contributed by atoms with Crippen LogP contribution >= 0.6 is 11.3 Å². The van der Waals surface area contributed by atoms with Gasteiger partial charge in [0.15, 0.2) is 0 Å². The van der Waals surface area contributed by atoms with E-state index in [2.05, 4.69) is 35.2 Å². The number of rotatable bonds is 9. The number of carbonyl (C=O) groups is 2. The standard InChI is InChI=1S/C25H34N4O3S/c1-6-13-28-15-19(4)29(16-18(28)3)23(24-26-12-14-33-24)20-8-10-21(11-9-20)25(31)27(5)17-22(30)32-7-2/h6,8-12,14,18-19,23H,1,7,13,15-17H2,2-5H3/t18-,19+,23+/m1/s1. The van der Waals surface area contributed by atoms with Crippen molar-refractivity contribution in [3.63, 3.8) is 0 Å².